The number of carbonyl (C=O) groups is 1. The number of nitrogens with zero attached hydrogens (tertiary/aromatic N) is 1. The number of esters is 1. The van der Waals surface area contributed by atoms with Gasteiger partial charge >= 0.3 is 5.97 Å². The molecule has 0 bridgehead atoms. The van der Waals surface area contributed by atoms with Crippen LogP contribution in [0.3, 0.4) is 0 Å². The molecule has 0 aliphatic rings. The molecule has 0 fully saturated rings. The van der Waals surface area contributed by atoms with Gasteiger partial charge in [-0.25, -0.2) is 0 Å². The van der Waals surface area contributed by atoms with Gasteiger partial charge in [0.25, 0.3) is 0 Å². The van der Waals surface area contributed by atoms with Gasteiger partial charge in [0.1, 0.15) is 6.04 Å². The van der Waals surface area contributed by atoms with Crippen molar-refractivity contribution in [3.05, 3.63) is 0 Å². The number of hydrogen-bond donors (Lipinski definition) is 1. The Morgan fingerprint density at radius 3 is 2.44 bits per heavy atom. The summed E-state index contributed by atoms with van der Waals surface area (Å²) in [5.41, 5.74) is 0. The lowest BCUT2D eigenvalue weighted by Crippen LogP contribution is -2.38. The van der Waals surface area contributed by atoms with Crippen molar-refractivity contribution in [3.63, 3.8) is 0 Å². The molecule has 0 spiro atoms. The van der Waals surface area contributed by atoms with Crippen LogP contribution in [-0.2, 0) is 9.53 Å². The van der Waals surface area contributed by atoms with Crippen molar-refractivity contribution in [1.82, 2.24) is 10.2 Å². The van der Waals surface area contributed by atoms with E-state index in [4.69, 9.17) is 4.74 Å². The summed E-state index contributed by atoms with van der Waals surface area (Å²) >= 11 is 0. The van der Waals surface area contributed by atoms with E-state index < -0.39 is 0 Å². The van der Waals surface area contributed by atoms with E-state index in [-0.39, 0.29) is 12.0 Å². The Bertz CT molecular complexity index is 220. The molecule has 4 nitrogen and oxygen atoms in total. The fourth-order valence-electron chi connectivity index (χ4n) is 1.66. The highest BCUT2D eigenvalue weighted by Crippen LogP contribution is 1.99. The average molecular weight is 258 g/mol. The number of hydrogen-bond acceptors (Lipinski definition) is 4. The number of carbonyl (C=O) groups excluding carboxylic acids is 1. The summed E-state index contributed by atoms with van der Waals surface area (Å²) in [6, 6.07) is 0.452. The molecule has 0 heterocycles. The normalized spacial score (nSPS) is 13.1. The fourth-order valence-corrected chi connectivity index (χ4v) is 1.66. The maximum atomic E-state index is 11.5. The molecule has 0 aromatic rings. The number of rotatable bonds is 10. The monoisotopic (exact) mass is 258 g/mol. The lowest BCUT2D eigenvalue weighted by Gasteiger charge is -2.21. The van der Waals surface area contributed by atoms with Gasteiger partial charge in [-0.1, -0.05) is 6.92 Å². The third-order valence-corrected chi connectivity index (χ3v) is 3.19. The van der Waals surface area contributed by atoms with Gasteiger partial charge in [-0.15, -0.1) is 0 Å². The van der Waals surface area contributed by atoms with Gasteiger partial charge in [0.05, 0.1) is 6.61 Å². The molecule has 4 heteroatoms. The smallest absolute Gasteiger partial charge is 0.323 e. The molecule has 0 aliphatic carbocycles. The summed E-state index contributed by atoms with van der Waals surface area (Å²) in [6.45, 7) is 10.7. The van der Waals surface area contributed by atoms with Gasteiger partial charge in [0.2, 0.25) is 0 Å². The van der Waals surface area contributed by atoms with E-state index in [1.807, 2.05) is 13.8 Å². The van der Waals surface area contributed by atoms with Crippen LogP contribution in [0, 0.1) is 0 Å². The van der Waals surface area contributed by atoms with Crippen molar-refractivity contribution < 1.29 is 9.53 Å². The zero-order valence-corrected chi connectivity index (χ0v) is 12.7. The van der Waals surface area contributed by atoms with Gasteiger partial charge in [-0.2, -0.15) is 0 Å². The van der Waals surface area contributed by atoms with E-state index >= 15 is 0 Å². The first-order valence-electron chi connectivity index (χ1n) is 7.13. The lowest BCUT2D eigenvalue weighted by atomic mass is 10.2. The quantitative estimate of drug-likeness (QED) is 0.481. The second-order valence-corrected chi connectivity index (χ2v) is 4.95. The average Bonchev–Trinajstić information content (AvgIpc) is 2.33. The van der Waals surface area contributed by atoms with Crippen molar-refractivity contribution in [2.75, 3.05) is 26.7 Å². The second-order valence-electron chi connectivity index (χ2n) is 4.95. The molecular weight excluding hydrogens is 228 g/mol. The van der Waals surface area contributed by atoms with Gasteiger partial charge in [0, 0.05) is 6.04 Å². The standard InChI is InChI=1S/C14H30N2O2/c1-6-13(14(17)18-7-2)15-10-8-9-11-16(5)12(3)4/h12-13,15H,6-11H2,1-5H3. The minimum Gasteiger partial charge on any atom is -0.465 e. The van der Waals surface area contributed by atoms with Crippen molar-refractivity contribution in [2.45, 2.75) is 59.0 Å². The Morgan fingerprint density at radius 1 is 1.28 bits per heavy atom. The molecule has 0 saturated carbocycles. The molecule has 0 aromatic carbocycles. The van der Waals surface area contributed by atoms with Crippen LogP contribution in [0.15, 0.2) is 0 Å². The first kappa shape index (κ1) is 17.4. The summed E-state index contributed by atoms with van der Waals surface area (Å²) in [4.78, 5) is 13.9. The van der Waals surface area contributed by atoms with Gasteiger partial charge in [-0.3, -0.25) is 4.79 Å². The summed E-state index contributed by atoms with van der Waals surface area (Å²) < 4.78 is 5.01. The van der Waals surface area contributed by atoms with Crippen LogP contribution in [0.1, 0.15) is 47.0 Å². The van der Waals surface area contributed by atoms with E-state index in [0.717, 1.165) is 32.4 Å². The molecule has 0 saturated heterocycles. The van der Waals surface area contributed by atoms with Crippen LogP contribution >= 0.6 is 0 Å². The van der Waals surface area contributed by atoms with E-state index in [9.17, 15) is 4.79 Å². The Balaban J connectivity index is 3.65. The van der Waals surface area contributed by atoms with E-state index in [0.29, 0.717) is 12.6 Å². The molecule has 1 N–H and O–H groups in total. The van der Waals surface area contributed by atoms with Crippen LogP contribution in [0.2, 0.25) is 0 Å². The SMILES string of the molecule is CCOC(=O)C(CC)NCCCCN(C)C(C)C. The number of unbranched alkanes of at least 4 members (excludes halogenated alkanes) is 1. The molecule has 18 heavy (non-hydrogen) atoms. The Morgan fingerprint density at radius 2 is 1.94 bits per heavy atom. The summed E-state index contributed by atoms with van der Waals surface area (Å²) in [7, 11) is 2.14. The summed E-state index contributed by atoms with van der Waals surface area (Å²) in [6.07, 6.45) is 3.03. The van der Waals surface area contributed by atoms with E-state index in [1.54, 1.807) is 0 Å². The van der Waals surface area contributed by atoms with Crippen LogP contribution in [0.4, 0.5) is 0 Å². The van der Waals surface area contributed by atoms with E-state index in [1.165, 1.54) is 0 Å². The molecule has 1 atom stereocenters. The lowest BCUT2D eigenvalue weighted by molar-refractivity contribution is -0.145. The fraction of sp³-hybridized carbons (Fsp3) is 0.929. The molecule has 108 valence electrons. The topological polar surface area (TPSA) is 41.6 Å². The minimum atomic E-state index is -0.146. The van der Waals surface area contributed by atoms with Crippen molar-refractivity contribution >= 4 is 5.97 Å². The number of ether oxygens (including phenoxy) is 1. The van der Waals surface area contributed by atoms with Crippen LogP contribution in [-0.4, -0.2) is 49.7 Å². The Kier molecular flexibility index (Phi) is 9.98. The van der Waals surface area contributed by atoms with Crippen molar-refractivity contribution in [2.24, 2.45) is 0 Å². The van der Waals surface area contributed by atoms with Gasteiger partial charge in [-0.05, 0) is 60.2 Å². The molecule has 0 aliphatic heterocycles. The zero-order valence-electron chi connectivity index (χ0n) is 12.7. The van der Waals surface area contributed by atoms with Crippen LogP contribution < -0.4 is 5.32 Å². The molecule has 0 amide bonds. The highest BCUT2D eigenvalue weighted by atomic mass is 16.5. The summed E-state index contributed by atoms with van der Waals surface area (Å²) in [5.74, 6) is -0.126. The minimum absolute atomic E-state index is 0.126. The molecule has 0 aromatic heterocycles. The van der Waals surface area contributed by atoms with Crippen LogP contribution in [0.5, 0.6) is 0 Å². The maximum absolute atomic E-state index is 11.5. The van der Waals surface area contributed by atoms with Gasteiger partial charge in [0.15, 0.2) is 0 Å². The maximum Gasteiger partial charge on any atom is 0.323 e. The Labute approximate surface area is 112 Å². The van der Waals surface area contributed by atoms with Gasteiger partial charge < -0.3 is 15.0 Å². The zero-order chi connectivity index (χ0) is 14.0. The molecule has 0 rings (SSSR count). The van der Waals surface area contributed by atoms with Crippen molar-refractivity contribution in [3.8, 4) is 0 Å². The van der Waals surface area contributed by atoms with E-state index in [2.05, 4.69) is 31.1 Å². The third kappa shape index (κ3) is 7.67. The largest absolute Gasteiger partial charge is 0.465 e. The predicted octanol–water partition coefficient (Wildman–Crippen LogP) is 2.04. The Hall–Kier alpha value is -0.610. The first-order valence-corrected chi connectivity index (χ1v) is 7.13. The number of nitrogens with one attached hydrogen (secondary N) is 1. The second kappa shape index (κ2) is 10.3. The molecular formula is C14H30N2O2. The highest BCUT2D eigenvalue weighted by Gasteiger charge is 2.15. The first-order chi connectivity index (χ1) is 8.52. The van der Waals surface area contributed by atoms with Crippen molar-refractivity contribution in [1.29, 1.82) is 0 Å². The summed E-state index contributed by atoms with van der Waals surface area (Å²) in [5, 5.41) is 3.26. The molecule has 0 radical (unpaired) electrons. The predicted molar refractivity (Wildman–Crippen MR) is 75.7 cm³/mol. The third-order valence-electron chi connectivity index (χ3n) is 3.19. The van der Waals surface area contributed by atoms with Crippen LogP contribution in [0.25, 0.3) is 0 Å². The molecule has 1 unspecified atom stereocenters. The highest BCUT2D eigenvalue weighted by molar-refractivity contribution is 5.75.